The van der Waals surface area contributed by atoms with E-state index >= 15 is 0 Å². The van der Waals surface area contributed by atoms with Crippen molar-refractivity contribution in [2.75, 3.05) is 33.2 Å². The highest BCUT2D eigenvalue weighted by Crippen LogP contribution is 2.28. The molecule has 0 unspecified atom stereocenters. The molecule has 0 radical (unpaired) electrons. The van der Waals surface area contributed by atoms with Crippen LogP contribution in [0.15, 0.2) is 65.3 Å². The molecule has 1 aromatic heterocycles. The van der Waals surface area contributed by atoms with Gasteiger partial charge >= 0.3 is 0 Å². The van der Waals surface area contributed by atoms with Gasteiger partial charge in [-0.1, -0.05) is 46.3 Å². The van der Waals surface area contributed by atoms with Crippen molar-refractivity contribution in [3.63, 3.8) is 0 Å². The van der Waals surface area contributed by atoms with Gasteiger partial charge in [0, 0.05) is 48.3 Å². The lowest BCUT2D eigenvalue weighted by atomic mass is 10.1. The molecule has 0 bridgehead atoms. The minimum atomic E-state index is 0.939. The van der Waals surface area contributed by atoms with Gasteiger partial charge in [-0.3, -0.25) is 4.90 Å². The van der Waals surface area contributed by atoms with Gasteiger partial charge in [-0.2, -0.15) is 5.10 Å². The fourth-order valence-electron chi connectivity index (χ4n) is 3.43. The van der Waals surface area contributed by atoms with Crippen LogP contribution in [0.5, 0.6) is 0 Å². The fraction of sp³-hybridized carbons (Fsp3) is 0.286. The van der Waals surface area contributed by atoms with Gasteiger partial charge in [0.05, 0.1) is 17.6 Å². The second kappa shape index (κ2) is 7.74. The number of halogens is 1. The van der Waals surface area contributed by atoms with Gasteiger partial charge in [0.1, 0.15) is 0 Å². The first-order valence-electron chi connectivity index (χ1n) is 9.00. The monoisotopic (exact) mass is 410 g/mol. The molecule has 0 aliphatic carbocycles. The molecule has 1 aliphatic heterocycles. The molecule has 4 nitrogen and oxygen atoms in total. The maximum absolute atomic E-state index is 4.74. The van der Waals surface area contributed by atoms with Gasteiger partial charge in [0.15, 0.2) is 0 Å². The third-order valence-electron chi connectivity index (χ3n) is 4.95. The van der Waals surface area contributed by atoms with Crippen molar-refractivity contribution in [3.8, 4) is 16.9 Å². The Bertz CT molecular complexity index is 849. The summed E-state index contributed by atoms with van der Waals surface area (Å²) in [6, 6.07) is 18.9. The van der Waals surface area contributed by atoms with Crippen LogP contribution >= 0.6 is 15.9 Å². The number of hydrogen-bond acceptors (Lipinski definition) is 3. The molecule has 0 spiro atoms. The lowest BCUT2D eigenvalue weighted by Crippen LogP contribution is -2.43. The van der Waals surface area contributed by atoms with Gasteiger partial charge in [0.25, 0.3) is 0 Å². The molecule has 0 saturated carbocycles. The van der Waals surface area contributed by atoms with Crippen LogP contribution in [0.4, 0.5) is 0 Å². The van der Waals surface area contributed by atoms with E-state index in [-0.39, 0.29) is 0 Å². The highest BCUT2D eigenvalue weighted by molar-refractivity contribution is 9.10. The molecule has 1 fully saturated rings. The predicted octanol–water partition coefficient (Wildman–Crippen LogP) is 4.05. The van der Waals surface area contributed by atoms with E-state index in [2.05, 4.69) is 92.1 Å². The largest absolute Gasteiger partial charge is 0.304 e. The van der Waals surface area contributed by atoms with Crippen molar-refractivity contribution in [2.45, 2.75) is 6.54 Å². The maximum Gasteiger partial charge on any atom is 0.0786 e. The van der Waals surface area contributed by atoms with Crippen LogP contribution < -0.4 is 0 Å². The molecular formula is C21H23BrN4. The molecule has 2 aromatic carbocycles. The minimum Gasteiger partial charge on any atom is -0.304 e. The molecule has 0 atom stereocenters. The molecule has 134 valence electrons. The molecule has 0 amide bonds. The van der Waals surface area contributed by atoms with Crippen LogP contribution in [-0.2, 0) is 6.54 Å². The number of hydrogen-bond donors (Lipinski definition) is 0. The van der Waals surface area contributed by atoms with Gasteiger partial charge in [-0.15, -0.1) is 0 Å². The second-order valence-electron chi connectivity index (χ2n) is 6.85. The number of aromatic nitrogens is 2. The number of nitrogens with zero attached hydrogens (tertiary/aromatic N) is 4. The lowest BCUT2D eigenvalue weighted by molar-refractivity contribution is 0.148. The Morgan fingerprint density at radius 3 is 2.31 bits per heavy atom. The van der Waals surface area contributed by atoms with E-state index in [0.29, 0.717) is 0 Å². The average Bonchev–Trinajstić information content (AvgIpc) is 3.08. The third-order valence-corrected chi connectivity index (χ3v) is 5.48. The fourth-order valence-corrected chi connectivity index (χ4v) is 3.69. The third kappa shape index (κ3) is 3.75. The highest BCUT2D eigenvalue weighted by Gasteiger charge is 2.19. The standard InChI is InChI=1S/C21H23BrN4/c1-24-11-13-25(14-12-24)16-18-15-23-26(20-9-7-19(22)8-10-20)21(18)17-5-3-2-4-6-17/h2-10,15H,11-14,16H2,1H3. The molecule has 0 N–H and O–H groups in total. The Labute approximate surface area is 163 Å². The summed E-state index contributed by atoms with van der Waals surface area (Å²) in [6.07, 6.45) is 2.03. The zero-order chi connectivity index (χ0) is 17.9. The first-order chi connectivity index (χ1) is 12.7. The van der Waals surface area contributed by atoms with Crippen LogP contribution in [0.3, 0.4) is 0 Å². The van der Waals surface area contributed by atoms with Gasteiger partial charge in [-0.05, 0) is 31.3 Å². The maximum atomic E-state index is 4.74. The number of rotatable bonds is 4. The van der Waals surface area contributed by atoms with Crippen molar-refractivity contribution >= 4 is 15.9 Å². The Balaban J connectivity index is 1.71. The summed E-state index contributed by atoms with van der Waals surface area (Å²) in [5.74, 6) is 0. The quantitative estimate of drug-likeness (QED) is 0.648. The summed E-state index contributed by atoms with van der Waals surface area (Å²) in [4.78, 5) is 4.91. The van der Waals surface area contributed by atoms with Crippen LogP contribution in [0.1, 0.15) is 5.56 Å². The van der Waals surface area contributed by atoms with Crippen molar-refractivity contribution in [1.82, 2.24) is 19.6 Å². The molecule has 26 heavy (non-hydrogen) atoms. The molecule has 5 heteroatoms. The van der Waals surface area contributed by atoms with Crippen LogP contribution in [-0.4, -0.2) is 52.8 Å². The van der Waals surface area contributed by atoms with Crippen molar-refractivity contribution in [3.05, 3.63) is 70.8 Å². The SMILES string of the molecule is CN1CCN(Cc2cnn(-c3ccc(Br)cc3)c2-c2ccccc2)CC1. The molecule has 1 saturated heterocycles. The van der Waals surface area contributed by atoms with Gasteiger partial charge in [0.2, 0.25) is 0 Å². The Hall–Kier alpha value is -1.95. The Morgan fingerprint density at radius 1 is 0.923 bits per heavy atom. The Morgan fingerprint density at radius 2 is 1.62 bits per heavy atom. The first kappa shape index (κ1) is 17.5. The normalized spacial score (nSPS) is 16.1. The molecule has 2 heterocycles. The lowest BCUT2D eigenvalue weighted by Gasteiger charge is -2.32. The highest BCUT2D eigenvalue weighted by atomic mass is 79.9. The van der Waals surface area contributed by atoms with Crippen molar-refractivity contribution in [2.24, 2.45) is 0 Å². The smallest absolute Gasteiger partial charge is 0.0786 e. The molecule has 1 aliphatic rings. The summed E-state index contributed by atoms with van der Waals surface area (Å²) < 4.78 is 3.14. The second-order valence-corrected chi connectivity index (χ2v) is 7.77. The number of piperazine rings is 1. The van der Waals surface area contributed by atoms with E-state index in [1.165, 1.54) is 16.8 Å². The van der Waals surface area contributed by atoms with E-state index in [1.807, 2.05) is 6.20 Å². The Kier molecular flexibility index (Phi) is 5.20. The summed E-state index contributed by atoms with van der Waals surface area (Å²) in [7, 11) is 2.19. The molecule has 4 rings (SSSR count). The zero-order valence-corrected chi connectivity index (χ0v) is 16.6. The van der Waals surface area contributed by atoms with E-state index in [9.17, 15) is 0 Å². The van der Waals surface area contributed by atoms with Crippen LogP contribution in [0.25, 0.3) is 16.9 Å². The number of benzene rings is 2. The molecule has 3 aromatic rings. The van der Waals surface area contributed by atoms with Gasteiger partial charge in [-0.25, -0.2) is 4.68 Å². The van der Waals surface area contributed by atoms with Crippen LogP contribution in [0, 0.1) is 0 Å². The van der Waals surface area contributed by atoms with Crippen LogP contribution in [0.2, 0.25) is 0 Å². The van der Waals surface area contributed by atoms with Crippen molar-refractivity contribution < 1.29 is 0 Å². The summed E-state index contributed by atoms with van der Waals surface area (Å²) in [6.45, 7) is 5.40. The zero-order valence-electron chi connectivity index (χ0n) is 15.0. The van der Waals surface area contributed by atoms with E-state index in [4.69, 9.17) is 5.10 Å². The predicted molar refractivity (Wildman–Crippen MR) is 109 cm³/mol. The topological polar surface area (TPSA) is 24.3 Å². The van der Waals surface area contributed by atoms with E-state index < -0.39 is 0 Å². The van der Waals surface area contributed by atoms with E-state index in [0.717, 1.165) is 42.9 Å². The summed E-state index contributed by atoms with van der Waals surface area (Å²) in [5, 5.41) is 4.74. The van der Waals surface area contributed by atoms with Crippen molar-refractivity contribution in [1.29, 1.82) is 0 Å². The summed E-state index contributed by atoms with van der Waals surface area (Å²) in [5.41, 5.74) is 4.75. The van der Waals surface area contributed by atoms with E-state index in [1.54, 1.807) is 0 Å². The summed E-state index contributed by atoms with van der Waals surface area (Å²) >= 11 is 3.52. The minimum absolute atomic E-state index is 0.939. The molecular weight excluding hydrogens is 388 g/mol. The average molecular weight is 411 g/mol. The van der Waals surface area contributed by atoms with Gasteiger partial charge < -0.3 is 4.90 Å². The first-order valence-corrected chi connectivity index (χ1v) is 9.79. The number of likely N-dealkylation sites (N-methyl/N-ethyl adjacent to an activating group) is 1.